The fourth-order valence-corrected chi connectivity index (χ4v) is 1.63. The smallest absolute Gasteiger partial charge is 0.268 e. The molecule has 0 N–H and O–H groups in total. The lowest BCUT2D eigenvalue weighted by atomic mass is 10.3. The Kier molecular flexibility index (Phi) is 2.66. The topological polar surface area (TPSA) is 44.0 Å². The second-order valence-electron chi connectivity index (χ2n) is 3.31. The van der Waals surface area contributed by atoms with Crippen LogP contribution in [-0.2, 0) is 7.05 Å². The summed E-state index contributed by atoms with van der Waals surface area (Å²) < 4.78 is 2.47. The molecule has 1 aromatic carbocycles. The third-order valence-corrected chi connectivity index (χ3v) is 2.54. The number of aromatic nitrogens is 2. The van der Waals surface area contributed by atoms with E-state index in [0.29, 0.717) is 5.69 Å². The highest BCUT2D eigenvalue weighted by molar-refractivity contribution is 6.30. The van der Waals surface area contributed by atoms with Gasteiger partial charge >= 0.3 is 0 Å². The molecule has 1 aromatic heterocycles. The molecule has 2 rings (SSSR count). The van der Waals surface area contributed by atoms with Gasteiger partial charge in [0.05, 0.1) is 5.69 Å². The van der Waals surface area contributed by atoms with Crippen molar-refractivity contribution in [3.05, 3.63) is 62.1 Å². The molecule has 5 heteroatoms. The largest absolute Gasteiger partial charge is 0.288 e. The summed E-state index contributed by atoms with van der Waals surface area (Å²) in [5.41, 5.74) is -0.127. The van der Waals surface area contributed by atoms with Gasteiger partial charge < -0.3 is 0 Å². The summed E-state index contributed by atoms with van der Waals surface area (Å²) in [6, 6.07) is 9.98. The standard InChI is InChI=1S/C11H9ClN2O2/c1-13-10(15)7-9(12)11(16)14(13)8-5-3-2-4-6-8/h2-7H,1H3. The molecule has 0 aliphatic heterocycles. The first-order chi connectivity index (χ1) is 7.61. The third kappa shape index (κ3) is 1.67. The highest BCUT2D eigenvalue weighted by Crippen LogP contribution is 2.04. The van der Waals surface area contributed by atoms with Crippen molar-refractivity contribution in [1.29, 1.82) is 0 Å². The van der Waals surface area contributed by atoms with Crippen LogP contribution in [-0.4, -0.2) is 9.36 Å². The van der Waals surface area contributed by atoms with E-state index in [-0.39, 0.29) is 10.6 Å². The molecule has 16 heavy (non-hydrogen) atoms. The summed E-state index contributed by atoms with van der Waals surface area (Å²) in [4.78, 5) is 23.3. The number of hydrogen-bond donors (Lipinski definition) is 0. The SMILES string of the molecule is Cn1c(=O)cc(Cl)c(=O)n1-c1ccccc1. The quantitative estimate of drug-likeness (QED) is 0.747. The molecule has 0 amide bonds. The van der Waals surface area contributed by atoms with E-state index >= 15 is 0 Å². The monoisotopic (exact) mass is 236 g/mol. The summed E-state index contributed by atoms with van der Waals surface area (Å²) in [6.45, 7) is 0. The fraction of sp³-hybridized carbons (Fsp3) is 0.0909. The number of halogens is 1. The van der Waals surface area contributed by atoms with Gasteiger partial charge in [0, 0.05) is 13.1 Å². The first-order valence-electron chi connectivity index (χ1n) is 4.65. The van der Waals surface area contributed by atoms with Crippen LogP contribution in [0.4, 0.5) is 0 Å². The molecule has 0 fully saturated rings. The van der Waals surface area contributed by atoms with Gasteiger partial charge in [-0.15, -0.1) is 0 Å². The van der Waals surface area contributed by atoms with E-state index in [9.17, 15) is 9.59 Å². The number of para-hydroxylation sites is 1. The van der Waals surface area contributed by atoms with Gasteiger partial charge in [0.25, 0.3) is 11.1 Å². The van der Waals surface area contributed by atoms with Crippen molar-refractivity contribution in [2.24, 2.45) is 7.05 Å². The molecule has 4 nitrogen and oxygen atoms in total. The van der Waals surface area contributed by atoms with E-state index in [4.69, 9.17) is 11.6 Å². The van der Waals surface area contributed by atoms with Crippen molar-refractivity contribution in [2.45, 2.75) is 0 Å². The van der Waals surface area contributed by atoms with Crippen molar-refractivity contribution < 1.29 is 0 Å². The molecule has 0 bridgehead atoms. The second-order valence-corrected chi connectivity index (χ2v) is 3.71. The summed E-state index contributed by atoms with van der Waals surface area (Å²) >= 11 is 5.69. The Morgan fingerprint density at radius 1 is 1.12 bits per heavy atom. The van der Waals surface area contributed by atoms with E-state index < -0.39 is 5.56 Å². The zero-order valence-electron chi connectivity index (χ0n) is 8.55. The Morgan fingerprint density at radius 3 is 2.38 bits per heavy atom. The van der Waals surface area contributed by atoms with Gasteiger partial charge in [0.1, 0.15) is 5.02 Å². The average molecular weight is 237 g/mol. The summed E-state index contributed by atoms with van der Waals surface area (Å²) in [5.74, 6) is 0. The predicted octanol–water partition coefficient (Wildman–Crippen LogP) is 1.19. The molecule has 0 aliphatic carbocycles. The summed E-state index contributed by atoms with van der Waals surface area (Å²) in [5, 5.41) is -0.0769. The maximum atomic E-state index is 11.8. The van der Waals surface area contributed by atoms with Crippen LogP contribution >= 0.6 is 11.6 Å². The first-order valence-corrected chi connectivity index (χ1v) is 5.03. The van der Waals surface area contributed by atoms with Gasteiger partial charge in [0.2, 0.25) is 0 Å². The Morgan fingerprint density at radius 2 is 1.75 bits per heavy atom. The van der Waals surface area contributed by atoms with Crippen LogP contribution in [0.2, 0.25) is 5.02 Å². The minimum atomic E-state index is -0.407. The van der Waals surface area contributed by atoms with Crippen molar-refractivity contribution in [1.82, 2.24) is 9.36 Å². The first kappa shape index (κ1) is 10.7. The lowest BCUT2D eigenvalue weighted by Crippen LogP contribution is -2.35. The minimum Gasteiger partial charge on any atom is -0.268 e. The third-order valence-electron chi connectivity index (χ3n) is 2.27. The van der Waals surface area contributed by atoms with Crippen LogP contribution in [0, 0.1) is 0 Å². The normalized spacial score (nSPS) is 10.4. The van der Waals surface area contributed by atoms with E-state index in [1.165, 1.54) is 16.4 Å². The number of hydrogen-bond acceptors (Lipinski definition) is 2. The minimum absolute atomic E-state index is 0.0769. The molecular formula is C11H9ClN2O2. The fourth-order valence-electron chi connectivity index (χ4n) is 1.46. The number of nitrogens with zero attached hydrogens (tertiary/aromatic N) is 2. The van der Waals surface area contributed by atoms with E-state index in [0.717, 1.165) is 6.07 Å². The maximum Gasteiger partial charge on any atom is 0.288 e. The molecule has 0 saturated carbocycles. The van der Waals surface area contributed by atoms with Gasteiger partial charge in [0.15, 0.2) is 0 Å². The Balaban J connectivity index is 2.85. The number of rotatable bonds is 1. The Hall–Kier alpha value is -1.81. The van der Waals surface area contributed by atoms with E-state index in [1.807, 2.05) is 6.07 Å². The Bertz CT molecular complexity index is 629. The molecule has 0 atom stereocenters. The summed E-state index contributed by atoms with van der Waals surface area (Å²) in [7, 11) is 1.52. The second kappa shape index (κ2) is 3.98. The van der Waals surface area contributed by atoms with Gasteiger partial charge in [-0.25, -0.2) is 9.36 Å². The predicted molar refractivity (Wildman–Crippen MR) is 62.3 cm³/mol. The molecule has 0 spiro atoms. The lowest BCUT2D eigenvalue weighted by molar-refractivity contribution is 0.593. The molecule has 0 saturated heterocycles. The van der Waals surface area contributed by atoms with Crippen LogP contribution in [0.3, 0.4) is 0 Å². The van der Waals surface area contributed by atoms with Crippen LogP contribution < -0.4 is 11.1 Å². The molecular weight excluding hydrogens is 228 g/mol. The van der Waals surface area contributed by atoms with Gasteiger partial charge in [-0.2, -0.15) is 0 Å². The molecule has 2 aromatic rings. The van der Waals surface area contributed by atoms with Crippen LogP contribution in [0.25, 0.3) is 5.69 Å². The van der Waals surface area contributed by atoms with Gasteiger partial charge in [-0.1, -0.05) is 29.8 Å². The van der Waals surface area contributed by atoms with Gasteiger partial charge in [-0.05, 0) is 12.1 Å². The van der Waals surface area contributed by atoms with Crippen LogP contribution in [0.5, 0.6) is 0 Å². The zero-order chi connectivity index (χ0) is 11.7. The molecule has 1 heterocycles. The average Bonchev–Trinajstić information content (AvgIpc) is 2.28. The van der Waals surface area contributed by atoms with Crippen LogP contribution in [0.1, 0.15) is 0 Å². The maximum absolute atomic E-state index is 11.8. The van der Waals surface area contributed by atoms with Crippen molar-refractivity contribution >= 4 is 11.6 Å². The number of benzene rings is 1. The highest BCUT2D eigenvalue weighted by Gasteiger charge is 2.08. The molecule has 0 unspecified atom stereocenters. The lowest BCUT2D eigenvalue weighted by Gasteiger charge is -2.11. The Labute approximate surface area is 96.3 Å². The molecule has 0 radical (unpaired) electrons. The van der Waals surface area contributed by atoms with Crippen molar-refractivity contribution in [2.75, 3.05) is 0 Å². The van der Waals surface area contributed by atoms with Crippen LogP contribution in [0.15, 0.2) is 46.0 Å². The van der Waals surface area contributed by atoms with Gasteiger partial charge in [-0.3, -0.25) is 9.59 Å². The summed E-state index contributed by atoms with van der Waals surface area (Å²) in [6.07, 6.45) is 0. The van der Waals surface area contributed by atoms with Crippen molar-refractivity contribution in [3.8, 4) is 5.69 Å². The van der Waals surface area contributed by atoms with E-state index in [2.05, 4.69) is 0 Å². The van der Waals surface area contributed by atoms with E-state index in [1.54, 1.807) is 24.3 Å². The highest BCUT2D eigenvalue weighted by atomic mass is 35.5. The molecule has 0 aliphatic rings. The zero-order valence-corrected chi connectivity index (χ0v) is 9.31. The molecule has 82 valence electrons. The van der Waals surface area contributed by atoms with Crippen molar-refractivity contribution in [3.63, 3.8) is 0 Å².